The molecule has 1 amide bonds. The predicted molar refractivity (Wildman–Crippen MR) is 58.1 cm³/mol. The van der Waals surface area contributed by atoms with Gasteiger partial charge in [0.15, 0.2) is 0 Å². The van der Waals surface area contributed by atoms with Crippen molar-refractivity contribution in [2.75, 3.05) is 6.54 Å². The van der Waals surface area contributed by atoms with Crippen molar-refractivity contribution in [3.8, 4) is 0 Å². The van der Waals surface area contributed by atoms with Gasteiger partial charge < -0.3 is 11.1 Å². The Morgan fingerprint density at radius 2 is 2.47 bits per heavy atom. The summed E-state index contributed by atoms with van der Waals surface area (Å²) in [6.45, 7) is 3.26. The van der Waals surface area contributed by atoms with Gasteiger partial charge in [-0.3, -0.25) is 9.48 Å². The number of hydrogen-bond donors (Lipinski definition) is 2. The van der Waals surface area contributed by atoms with Gasteiger partial charge in [-0.25, -0.2) is 0 Å². The van der Waals surface area contributed by atoms with E-state index in [1.165, 1.54) is 0 Å². The Bertz CT molecular complexity index is 284. The summed E-state index contributed by atoms with van der Waals surface area (Å²) in [5.41, 5.74) is 5.65. The zero-order valence-corrected chi connectivity index (χ0v) is 9.02. The van der Waals surface area contributed by atoms with Gasteiger partial charge in [-0.15, -0.1) is 0 Å². The third-order valence-electron chi connectivity index (χ3n) is 2.14. The van der Waals surface area contributed by atoms with E-state index in [9.17, 15) is 4.79 Å². The molecule has 0 radical (unpaired) electrons. The summed E-state index contributed by atoms with van der Waals surface area (Å²) < 4.78 is 1.77. The first-order valence-electron chi connectivity index (χ1n) is 5.24. The lowest BCUT2D eigenvalue weighted by Crippen LogP contribution is -2.41. The first-order chi connectivity index (χ1) is 7.24. The average Bonchev–Trinajstić information content (AvgIpc) is 2.71. The van der Waals surface area contributed by atoms with Gasteiger partial charge in [0, 0.05) is 18.9 Å². The van der Waals surface area contributed by atoms with E-state index >= 15 is 0 Å². The van der Waals surface area contributed by atoms with Crippen LogP contribution in [0.1, 0.15) is 19.8 Å². The molecule has 0 saturated carbocycles. The van der Waals surface area contributed by atoms with Crippen molar-refractivity contribution in [1.29, 1.82) is 0 Å². The van der Waals surface area contributed by atoms with Crippen molar-refractivity contribution >= 4 is 5.91 Å². The molecule has 0 bridgehead atoms. The summed E-state index contributed by atoms with van der Waals surface area (Å²) in [5, 5.41) is 6.81. The van der Waals surface area contributed by atoms with Gasteiger partial charge in [0.2, 0.25) is 5.91 Å². The highest BCUT2D eigenvalue weighted by molar-refractivity contribution is 5.81. The maximum atomic E-state index is 11.4. The minimum Gasteiger partial charge on any atom is -0.353 e. The molecule has 0 saturated heterocycles. The van der Waals surface area contributed by atoms with Gasteiger partial charge in [-0.05, 0) is 12.5 Å². The maximum Gasteiger partial charge on any atom is 0.236 e. The van der Waals surface area contributed by atoms with Gasteiger partial charge in [-0.1, -0.05) is 13.3 Å². The summed E-state index contributed by atoms with van der Waals surface area (Å²) in [6, 6.07) is 1.47. The molecule has 0 aliphatic rings. The van der Waals surface area contributed by atoms with Crippen LogP contribution in [-0.4, -0.2) is 28.3 Å². The van der Waals surface area contributed by atoms with E-state index in [1.807, 2.05) is 19.2 Å². The van der Waals surface area contributed by atoms with Crippen molar-refractivity contribution in [2.24, 2.45) is 5.73 Å². The molecular weight excluding hydrogens is 192 g/mol. The molecule has 1 atom stereocenters. The van der Waals surface area contributed by atoms with Gasteiger partial charge in [0.05, 0.1) is 12.6 Å². The summed E-state index contributed by atoms with van der Waals surface area (Å²) >= 11 is 0. The topological polar surface area (TPSA) is 72.9 Å². The summed E-state index contributed by atoms with van der Waals surface area (Å²) in [5.74, 6) is -0.0796. The molecule has 15 heavy (non-hydrogen) atoms. The van der Waals surface area contributed by atoms with Gasteiger partial charge in [0.1, 0.15) is 0 Å². The zero-order valence-electron chi connectivity index (χ0n) is 9.02. The minimum atomic E-state index is -0.382. The average molecular weight is 210 g/mol. The second kappa shape index (κ2) is 6.19. The smallest absolute Gasteiger partial charge is 0.236 e. The van der Waals surface area contributed by atoms with Crippen LogP contribution in [0.25, 0.3) is 0 Å². The highest BCUT2D eigenvalue weighted by Gasteiger charge is 2.10. The fourth-order valence-corrected chi connectivity index (χ4v) is 1.30. The van der Waals surface area contributed by atoms with Crippen LogP contribution in [0.2, 0.25) is 0 Å². The molecule has 1 aromatic rings. The Balaban J connectivity index is 2.17. The molecule has 0 aliphatic carbocycles. The van der Waals surface area contributed by atoms with E-state index < -0.39 is 0 Å². The maximum absolute atomic E-state index is 11.4. The van der Waals surface area contributed by atoms with Crippen molar-refractivity contribution in [3.63, 3.8) is 0 Å². The van der Waals surface area contributed by atoms with E-state index in [2.05, 4.69) is 10.4 Å². The highest BCUT2D eigenvalue weighted by Crippen LogP contribution is 1.92. The van der Waals surface area contributed by atoms with Crippen LogP contribution in [0.15, 0.2) is 18.5 Å². The Morgan fingerprint density at radius 1 is 1.67 bits per heavy atom. The molecule has 0 spiro atoms. The van der Waals surface area contributed by atoms with Crippen LogP contribution < -0.4 is 11.1 Å². The quantitative estimate of drug-likeness (QED) is 0.700. The summed E-state index contributed by atoms with van der Waals surface area (Å²) in [7, 11) is 0. The third kappa shape index (κ3) is 4.12. The number of hydrogen-bond acceptors (Lipinski definition) is 3. The molecule has 5 heteroatoms. The van der Waals surface area contributed by atoms with Crippen molar-refractivity contribution in [2.45, 2.75) is 32.4 Å². The van der Waals surface area contributed by atoms with Crippen molar-refractivity contribution in [1.82, 2.24) is 15.1 Å². The van der Waals surface area contributed by atoms with Crippen LogP contribution in [0.4, 0.5) is 0 Å². The number of carbonyl (C=O) groups is 1. The third-order valence-corrected chi connectivity index (χ3v) is 2.14. The Labute approximate surface area is 89.6 Å². The Morgan fingerprint density at radius 3 is 3.07 bits per heavy atom. The fourth-order valence-electron chi connectivity index (χ4n) is 1.30. The van der Waals surface area contributed by atoms with Crippen LogP contribution in [0, 0.1) is 0 Å². The lowest BCUT2D eigenvalue weighted by atomic mass is 10.2. The predicted octanol–water partition coefficient (Wildman–Crippen LogP) is 0.127. The first-order valence-corrected chi connectivity index (χ1v) is 5.24. The molecule has 1 heterocycles. The lowest BCUT2D eigenvalue weighted by Gasteiger charge is -2.10. The summed E-state index contributed by atoms with van der Waals surface area (Å²) in [4.78, 5) is 11.4. The molecule has 1 rings (SSSR count). The van der Waals surface area contributed by atoms with Crippen LogP contribution in [-0.2, 0) is 11.3 Å². The van der Waals surface area contributed by atoms with E-state index in [-0.39, 0.29) is 11.9 Å². The first kappa shape index (κ1) is 11.7. The zero-order chi connectivity index (χ0) is 11.1. The van der Waals surface area contributed by atoms with Crippen LogP contribution in [0.3, 0.4) is 0 Å². The standard InChI is InChI=1S/C10H18N4O/c1-2-4-9(11)10(15)12-6-8-14-7-3-5-13-14/h3,5,7,9H,2,4,6,8,11H2,1H3,(H,12,15)/t9-/m1/s1. The van der Waals surface area contributed by atoms with Crippen LogP contribution in [0.5, 0.6) is 0 Å². The van der Waals surface area contributed by atoms with E-state index in [0.29, 0.717) is 13.1 Å². The van der Waals surface area contributed by atoms with E-state index in [0.717, 1.165) is 12.8 Å². The van der Waals surface area contributed by atoms with E-state index in [4.69, 9.17) is 5.73 Å². The molecule has 0 aromatic carbocycles. The fraction of sp³-hybridized carbons (Fsp3) is 0.600. The minimum absolute atomic E-state index is 0.0796. The number of aromatic nitrogens is 2. The van der Waals surface area contributed by atoms with Crippen molar-refractivity contribution < 1.29 is 4.79 Å². The van der Waals surface area contributed by atoms with Crippen molar-refractivity contribution in [3.05, 3.63) is 18.5 Å². The van der Waals surface area contributed by atoms with E-state index in [1.54, 1.807) is 10.9 Å². The monoisotopic (exact) mass is 210 g/mol. The highest BCUT2D eigenvalue weighted by atomic mass is 16.2. The molecule has 5 nitrogen and oxygen atoms in total. The molecule has 0 fully saturated rings. The van der Waals surface area contributed by atoms with Gasteiger partial charge >= 0.3 is 0 Å². The molecule has 84 valence electrons. The Kier molecular flexibility index (Phi) is 4.83. The number of rotatable bonds is 6. The molecule has 0 unspecified atom stereocenters. The number of nitrogens with two attached hydrogens (primary N) is 1. The van der Waals surface area contributed by atoms with Gasteiger partial charge in [-0.2, -0.15) is 5.10 Å². The van der Waals surface area contributed by atoms with Gasteiger partial charge in [0.25, 0.3) is 0 Å². The Hall–Kier alpha value is -1.36. The SMILES string of the molecule is CCC[C@@H](N)C(=O)NCCn1cccn1. The normalized spacial score (nSPS) is 12.4. The number of amides is 1. The number of nitrogens with zero attached hydrogens (tertiary/aromatic N) is 2. The number of nitrogens with one attached hydrogen (secondary N) is 1. The summed E-state index contributed by atoms with van der Waals surface area (Å²) in [6.07, 6.45) is 5.23. The van der Waals surface area contributed by atoms with Crippen LogP contribution >= 0.6 is 0 Å². The lowest BCUT2D eigenvalue weighted by molar-refractivity contribution is -0.122. The molecule has 1 aromatic heterocycles. The second-order valence-electron chi connectivity index (χ2n) is 3.46. The molecule has 3 N–H and O–H groups in total. The molecular formula is C10H18N4O. The molecule has 0 aliphatic heterocycles. The number of carbonyl (C=O) groups excluding carboxylic acids is 1. The second-order valence-corrected chi connectivity index (χ2v) is 3.46. The largest absolute Gasteiger partial charge is 0.353 e.